The molecule has 2 heterocycles. The number of carbonyl (C=O) groups is 2. The van der Waals surface area contributed by atoms with E-state index in [1.165, 1.54) is 6.07 Å². The van der Waals surface area contributed by atoms with Crippen LogP contribution in [0.15, 0.2) is 18.2 Å². The zero-order valence-electron chi connectivity index (χ0n) is 10.9. The van der Waals surface area contributed by atoms with Crippen LogP contribution in [0.3, 0.4) is 0 Å². The third-order valence-electron chi connectivity index (χ3n) is 4.05. The van der Waals surface area contributed by atoms with Gasteiger partial charge in [-0.1, -0.05) is 23.2 Å². The van der Waals surface area contributed by atoms with E-state index in [2.05, 4.69) is 5.32 Å². The predicted molar refractivity (Wildman–Crippen MR) is 77.6 cm³/mol. The summed E-state index contributed by atoms with van der Waals surface area (Å²) in [5.74, 6) is -2.80. The van der Waals surface area contributed by atoms with Gasteiger partial charge in [0.2, 0.25) is 5.91 Å². The lowest BCUT2D eigenvalue weighted by molar-refractivity contribution is -0.147. The fourth-order valence-corrected chi connectivity index (χ4v) is 3.42. The van der Waals surface area contributed by atoms with Crippen LogP contribution in [-0.4, -0.2) is 29.2 Å². The lowest BCUT2D eigenvalue weighted by atomic mass is 9.78. The lowest BCUT2D eigenvalue weighted by Gasteiger charge is -2.23. The number of fused-ring (bicyclic) bond motifs is 2. The summed E-state index contributed by atoms with van der Waals surface area (Å²) < 4.78 is 5.57. The van der Waals surface area contributed by atoms with Crippen LogP contribution < -0.4 is 5.32 Å². The molecule has 1 aromatic rings. The third-order valence-corrected chi connectivity index (χ3v) is 4.79. The third kappa shape index (κ3) is 2.61. The molecule has 2 aliphatic heterocycles. The predicted octanol–water partition coefficient (Wildman–Crippen LogP) is 2.81. The molecule has 1 aromatic carbocycles. The average Bonchev–Trinajstić information content (AvgIpc) is 3.03. The minimum Gasteiger partial charge on any atom is -0.481 e. The van der Waals surface area contributed by atoms with Crippen molar-refractivity contribution in [2.75, 3.05) is 5.32 Å². The number of aliphatic carboxylic acids is 1. The zero-order valence-corrected chi connectivity index (χ0v) is 12.4. The van der Waals surface area contributed by atoms with Crippen molar-refractivity contribution in [3.63, 3.8) is 0 Å². The number of hydrogen-bond acceptors (Lipinski definition) is 3. The number of hydrogen-bond donors (Lipinski definition) is 2. The quantitative estimate of drug-likeness (QED) is 0.894. The molecule has 21 heavy (non-hydrogen) atoms. The highest BCUT2D eigenvalue weighted by atomic mass is 35.5. The number of benzene rings is 1. The molecule has 2 bridgehead atoms. The van der Waals surface area contributed by atoms with Crippen molar-refractivity contribution in [3.05, 3.63) is 28.2 Å². The van der Waals surface area contributed by atoms with Crippen LogP contribution in [0.2, 0.25) is 10.0 Å². The average molecular weight is 330 g/mol. The molecule has 0 saturated carbocycles. The van der Waals surface area contributed by atoms with Crippen molar-refractivity contribution >= 4 is 40.8 Å². The molecule has 4 atom stereocenters. The van der Waals surface area contributed by atoms with Gasteiger partial charge in [0.25, 0.3) is 0 Å². The van der Waals surface area contributed by atoms with Crippen LogP contribution in [0.5, 0.6) is 0 Å². The molecule has 1 amide bonds. The number of rotatable bonds is 3. The molecule has 5 nitrogen and oxygen atoms in total. The van der Waals surface area contributed by atoms with Gasteiger partial charge in [0.1, 0.15) is 0 Å². The molecule has 7 heteroatoms. The summed E-state index contributed by atoms with van der Waals surface area (Å²) in [6.45, 7) is 0. The number of carbonyl (C=O) groups excluding carboxylic acids is 1. The van der Waals surface area contributed by atoms with Crippen molar-refractivity contribution in [1.29, 1.82) is 0 Å². The largest absolute Gasteiger partial charge is 0.481 e. The molecular weight excluding hydrogens is 317 g/mol. The van der Waals surface area contributed by atoms with Gasteiger partial charge < -0.3 is 15.2 Å². The number of halogens is 2. The summed E-state index contributed by atoms with van der Waals surface area (Å²) in [5.41, 5.74) is 0.487. The van der Waals surface area contributed by atoms with Crippen LogP contribution in [0.1, 0.15) is 12.8 Å². The number of carboxylic acid groups (broad SMARTS) is 1. The Morgan fingerprint density at radius 2 is 1.81 bits per heavy atom. The summed E-state index contributed by atoms with van der Waals surface area (Å²) in [7, 11) is 0. The molecule has 2 aliphatic rings. The second-order valence-electron chi connectivity index (χ2n) is 5.30. The Morgan fingerprint density at radius 3 is 2.43 bits per heavy atom. The molecular formula is C14H13Cl2NO4. The van der Waals surface area contributed by atoms with Gasteiger partial charge in [-0.05, 0) is 31.0 Å². The van der Waals surface area contributed by atoms with Crippen molar-refractivity contribution in [2.24, 2.45) is 11.8 Å². The SMILES string of the molecule is O=C(Nc1ccc(Cl)c(Cl)c1)C1[C@@H]2CC[C@@H](O2)[C@@H]1C(=O)O. The molecule has 1 unspecified atom stereocenters. The Kier molecular flexibility index (Phi) is 3.82. The van der Waals surface area contributed by atoms with E-state index in [0.717, 1.165) is 0 Å². The number of ether oxygens (including phenoxy) is 1. The van der Waals surface area contributed by atoms with Crippen LogP contribution in [-0.2, 0) is 14.3 Å². The van der Waals surface area contributed by atoms with Crippen LogP contribution >= 0.6 is 23.2 Å². The van der Waals surface area contributed by atoms with Gasteiger partial charge in [0, 0.05) is 5.69 Å². The second kappa shape index (κ2) is 5.48. The molecule has 2 fully saturated rings. The van der Waals surface area contributed by atoms with E-state index < -0.39 is 17.8 Å². The number of nitrogens with one attached hydrogen (secondary N) is 1. The minimum absolute atomic E-state index is 0.320. The Balaban J connectivity index is 1.78. The highest BCUT2D eigenvalue weighted by Crippen LogP contribution is 2.44. The first kappa shape index (κ1) is 14.6. The van der Waals surface area contributed by atoms with E-state index in [0.29, 0.717) is 28.6 Å². The van der Waals surface area contributed by atoms with Gasteiger partial charge in [-0.2, -0.15) is 0 Å². The van der Waals surface area contributed by atoms with Crippen LogP contribution in [0.25, 0.3) is 0 Å². The molecule has 2 saturated heterocycles. The maximum absolute atomic E-state index is 12.4. The summed E-state index contributed by atoms with van der Waals surface area (Å²) in [6.07, 6.45) is 0.724. The highest BCUT2D eigenvalue weighted by molar-refractivity contribution is 6.42. The highest BCUT2D eigenvalue weighted by Gasteiger charge is 2.55. The normalized spacial score (nSPS) is 30.4. The van der Waals surface area contributed by atoms with Crippen molar-refractivity contribution < 1.29 is 19.4 Å². The van der Waals surface area contributed by atoms with Gasteiger partial charge in [0.15, 0.2) is 0 Å². The second-order valence-corrected chi connectivity index (χ2v) is 6.11. The molecule has 0 aliphatic carbocycles. The zero-order chi connectivity index (χ0) is 15.1. The standard InChI is InChI=1S/C14H13Cl2NO4/c15-7-2-1-6(5-8(7)16)17-13(18)11-9-3-4-10(21-9)12(11)14(19)20/h1-2,5,9-12H,3-4H2,(H,17,18)(H,19,20)/t9-,10+,11?,12-/m0/s1. The fourth-order valence-electron chi connectivity index (χ4n) is 3.12. The lowest BCUT2D eigenvalue weighted by Crippen LogP contribution is -2.40. The minimum atomic E-state index is -0.989. The van der Waals surface area contributed by atoms with Crippen LogP contribution in [0, 0.1) is 11.8 Å². The first-order chi connectivity index (χ1) is 9.97. The van der Waals surface area contributed by atoms with Crippen molar-refractivity contribution in [1.82, 2.24) is 0 Å². The van der Waals surface area contributed by atoms with Gasteiger partial charge in [0.05, 0.1) is 34.1 Å². The van der Waals surface area contributed by atoms with E-state index in [1.54, 1.807) is 12.1 Å². The van der Waals surface area contributed by atoms with E-state index in [9.17, 15) is 14.7 Å². The Morgan fingerprint density at radius 1 is 1.14 bits per heavy atom. The summed E-state index contributed by atoms with van der Waals surface area (Å²) >= 11 is 11.7. The van der Waals surface area contributed by atoms with Gasteiger partial charge in [-0.15, -0.1) is 0 Å². The molecule has 0 radical (unpaired) electrons. The Labute approximate surface area is 131 Å². The van der Waals surface area contributed by atoms with E-state index in [4.69, 9.17) is 27.9 Å². The Hall–Kier alpha value is -1.30. The molecule has 112 valence electrons. The first-order valence-corrected chi connectivity index (χ1v) is 7.37. The summed E-state index contributed by atoms with van der Waals surface area (Å²) in [5, 5.41) is 12.7. The summed E-state index contributed by atoms with van der Waals surface area (Å²) in [4.78, 5) is 23.7. The number of anilines is 1. The van der Waals surface area contributed by atoms with Gasteiger partial charge in [-0.3, -0.25) is 9.59 Å². The smallest absolute Gasteiger partial charge is 0.310 e. The molecule has 0 aromatic heterocycles. The van der Waals surface area contributed by atoms with E-state index >= 15 is 0 Å². The number of carboxylic acids is 1. The maximum atomic E-state index is 12.4. The van der Waals surface area contributed by atoms with E-state index in [-0.39, 0.29) is 18.1 Å². The monoisotopic (exact) mass is 329 g/mol. The fraction of sp³-hybridized carbons (Fsp3) is 0.429. The van der Waals surface area contributed by atoms with Gasteiger partial charge >= 0.3 is 5.97 Å². The summed E-state index contributed by atoms with van der Waals surface area (Å²) in [6, 6.07) is 4.73. The first-order valence-electron chi connectivity index (χ1n) is 6.61. The van der Waals surface area contributed by atoms with E-state index in [1.807, 2.05) is 0 Å². The topological polar surface area (TPSA) is 75.6 Å². The molecule has 0 spiro atoms. The molecule has 3 rings (SSSR count). The van der Waals surface area contributed by atoms with Crippen LogP contribution in [0.4, 0.5) is 5.69 Å². The Bertz CT molecular complexity index is 607. The molecule has 2 N–H and O–H groups in total. The van der Waals surface area contributed by atoms with Gasteiger partial charge in [-0.25, -0.2) is 0 Å². The van der Waals surface area contributed by atoms with Crippen molar-refractivity contribution in [2.45, 2.75) is 25.0 Å². The number of amides is 1. The van der Waals surface area contributed by atoms with Crippen molar-refractivity contribution in [3.8, 4) is 0 Å². The maximum Gasteiger partial charge on any atom is 0.310 e.